The number of hydrogen-bond donors (Lipinski definition) is 0. The molecule has 5 heteroatoms. The molecule has 2 aromatic carbocycles. The minimum Gasteiger partial charge on any atom is -0.496 e. The molecule has 0 aliphatic carbocycles. The molecule has 0 bridgehead atoms. The van der Waals surface area contributed by atoms with E-state index in [-0.39, 0.29) is 11.8 Å². The smallest absolute Gasteiger partial charge is 0.261 e. The molecule has 2 amide bonds. The number of imide groups is 1. The Morgan fingerprint density at radius 1 is 0.857 bits per heavy atom. The molecule has 0 fully saturated rings. The fourth-order valence-corrected chi connectivity index (χ4v) is 3.65. The normalized spacial score (nSPS) is 13.3. The minimum absolute atomic E-state index is 0.155. The third-order valence-corrected chi connectivity index (χ3v) is 5.18. The van der Waals surface area contributed by atoms with E-state index in [0.717, 1.165) is 44.5 Å². The van der Waals surface area contributed by atoms with Gasteiger partial charge in [-0.25, -0.2) is 0 Å². The highest BCUT2D eigenvalue weighted by Gasteiger charge is 2.34. The van der Waals surface area contributed by atoms with E-state index in [1.807, 2.05) is 18.2 Å². The van der Waals surface area contributed by atoms with Gasteiger partial charge in [0.15, 0.2) is 0 Å². The number of ether oxygens (including phenoxy) is 1. The van der Waals surface area contributed by atoms with Crippen LogP contribution in [0.4, 0.5) is 0 Å². The number of methoxy groups -OCH3 is 1. The molecule has 2 aromatic rings. The summed E-state index contributed by atoms with van der Waals surface area (Å²) in [5.41, 5.74) is 2.26. The van der Waals surface area contributed by atoms with Crippen LogP contribution in [0, 0.1) is 0 Å². The predicted molar refractivity (Wildman–Crippen MR) is 110 cm³/mol. The summed E-state index contributed by atoms with van der Waals surface area (Å²) in [6.45, 7) is 2.37. The van der Waals surface area contributed by atoms with Crippen molar-refractivity contribution < 1.29 is 14.3 Å². The summed E-state index contributed by atoms with van der Waals surface area (Å²) in [6, 6.07) is 15.2. The number of para-hydroxylation sites is 1. The second-order valence-corrected chi connectivity index (χ2v) is 7.27. The van der Waals surface area contributed by atoms with E-state index in [9.17, 15) is 9.59 Å². The van der Waals surface area contributed by atoms with Gasteiger partial charge in [0.1, 0.15) is 5.75 Å². The van der Waals surface area contributed by atoms with Gasteiger partial charge in [-0.05, 0) is 44.6 Å². The summed E-state index contributed by atoms with van der Waals surface area (Å²) < 4.78 is 5.41. The summed E-state index contributed by atoms with van der Waals surface area (Å²) in [5, 5.41) is 0. The number of hydrogen-bond acceptors (Lipinski definition) is 4. The Hall–Kier alpha value is -2.66. The summed E-state index contributed by atoms with van der Waals surface area (Å²) in [6.07, 6.45) is 4.03. The zero-order valence-electron chi connectivity index (χ0n) is 16.7. The molecule has 0 aromatic heterocycles. The predicted octanol–water partition coefficient (Wildman–Crippen LogP) is 3.98. The van der Waals surface area contributed by atoms with Crippen molar-refractivity contribution in [1.82, 2.24) is 9.80 Å². The Bertz CT molecular complexity index is 799. The Kier molecular flexibility index (Phi) is 6.82. The number of rotatable bonds is 10. The molecule has 1 aliphatic rings. The minimum atomic E-state index is -0.155. The summed E-state index contributed by atoms with van der Waals surface area (Å²) in [5.74, 6) is 0.615. The Labute approximate surface area is 166 Å². The molecule has 0 atom stereocenters. The summed E-state index contributed by atoms with van der Waals surface area (Å²) in [4.78, 5) is 28.3. The van der Waals surface area contributed by atoms with Crippen molar-refractivity contribution in [3.63, 3.8) is 0 Å². The van der Waals surface area contributed by atoms with E-state index in [2.05, 4.69) is 18.0 Å². The van der Waals surface area contributed by atoms with E-state index >= 15 is 0 Å². The van der Waals surface area contributed by atoms with Crippen LogP contribution in [0.5, 0.6) is 5.75 Å². The van der Waals surface area contributed by atoms with Crippen LogP contribution < -0.4 is 4.74 Å². The molecule has 0 spiro atoms. The van der Waals surface area contributed by atoms with Crippen molar-refractivity contribution in [3.05, 3.63) is 65.2 Å². The van der Waals surface area contributed by atoms with Crippen molar-refractivity contribution in [1.29, 1.82) is 0 Å². The fourth-order valence-electron chi connectivity index (χ4n) is 3.65. The lowest BCUT2D eigenvalue weighted by Crippen LogP contribution is -2.30. The Morgan fingerprint density at radius 2 is 1.46 bits per heavy atom. The van der Waals surface area contributed by atoms with Gasteiger partial charge in [0.05, 0.1) is 18.2 Å². The first-order valence-electron chi connectivity index (χ1n) is 9.87. The van der Waals surface area contributed by atoms with E-state index in [1.165, 1.54) is 10.5 Å². The fraction of sp³-hybridized carbons (Fsp3) is 0.391. The highest BCUT2D eigenvalue weighted by atomic mass is 16.5. The molecule has 0 saturated heterocycles. The third-order valence-electron chi connectivity index (χ3n) is 5.18. The van der Waals surface area contributed by atoms with Crippen LogP contribution in [0.2, 0.25) is 0 Å². The second kappa shape index (κ2) is 9.51. The second-order valence-electron chi connectivity index (χ2n) is 7.27. The molecule has 0 saturated carbocycles. The number of amides is 2. The molecular formula is C23H28N2O3. The van der Waals surface area contributed by atoms with Gasteiger partial charge >= 0.3 is 0 Å². The lowest BCUT2D eigenvalue weighted by Gasteiger charge is -2.18. The highest BCUT2D eigenvalue weighted by molar-refractivity contribution is 6.21. The van der Waals surface area contributed by atoms with Crippen LogP contribution in [0.15, 0.2) is 48.5 Å². The standard InChI is InChI=1S/C23H28N2O3/c1-24(17-18-11-5-8-14-21(18)28-2)15-9-3-4-10-16-25-22(26)19-12-6-7-13-20(19)23(25)27/h5-8,11-14H,3-4,9-10,15-17H2,1-2H3. The van der Waals surface area contributed by atoms with Crippen molar-refractivity contribution in [3.8, 4) is 5.75 Å². The number of nitrogens with zero attached hydrogens (tertiary/aromatic N) is 2. The van der Waals surface area contributed by atoms with Gasteiger partial charge in [0.2, 0.25) is 0 Å². The highest BCUT2D eigenvalue weighted by Crippen LogP contribution is 2.23. The van der Waals surface area contributed by atoms with Crippen LogP contribution in [0.1, 0.15) is 52.0 Å². The lowest BCUT2D eigenvalue weighted by molar-refractivity contribution is 0.0651. The number of carbonyl (C=O) groups excluding carboxylic acids is 2. The monoisotopic (exact) mass is 380 g/mol. The van der Waals surface area contributed by atoms with Crippen LogP contribution in [-0.4, -0.2) is 48.9 Å². The molecule has 0 radical (unpaired) electrons. The maximum atomic E-state index is 12.3. The van der Waals surface area contributed by atoms with Crippen LogP contribution in [0.3, 0.4) is 0 Å². The Balaban J connectivity index is 1.34. The van der Waals surface area contributed by atoms with Gasteiger partial charge < -0.3 is 9.64 Å². The van der Waals surface area contributed by atoms with Crippen molar-refractivity contribution in [2.45, 2.75) is 32.2 Å². The van der Waals surface area contributed by atoms with E-state index < -0.39 is 0 Å². The maximum absolute atomic E-state index is 12.3. The van der Waals surface area contributed by atoms with Gasteiger partial charge in [0.25, 0.3) is 11.8 Å². The number of carbonyl (C=O) groups is 2. The summed E-state index contributed by atoms with van der Waals surface area (Å²) in [7, 11) is 3.82. The van der Waals surface area contributed by atoms with Gasteiger partial charge in [-0.15, -0.1) is 0 Å². The maximum Gasteiger partial charge on any atom is 0.261 e. The Morgan fingerprint density at radius 3 is 2.14 bits per heavy atom. The number of fused-ring (bicyclic) bond motifs is 1. The third kappa shape index (κ3) is 4.60. The zero-order valence-corrected chi connectivity index (χ0v) is 16.7. The van der Waals surface area contributed by atoms with Gasteiger partial charge in [0, 0.05) is 18.7 Å². The topological polar surface area (TPSA) is 49.9 Å². The van der Waals surface area contributed by atoms with Gasteiger partial charge in [-0.2, -0.15) is 0 Å². The molecule has 28 heavy (non-hydrogen) atoms. The van der Waals surface area contributed by atoms with Crippen LogP contribution in [-0.2, 0) is 6.54 Å². The molecule has 1 heterocycles. The van der Waals surface area contributed by atoms with Gasteiger partial charge in [-0.3, -0.25) is 14.5 Å². The first-order valence-corrected chi connectivity index (χ1v) is 9.87. The van der Waals surface area contributed by atoms with Crippen molar-refractivity contribution >= 4 is 11.8 Å². The summed E-state index contributed by atoms with van der Waals surface area (Å²) >= 11 is 0. The molecular weight excluding hydrogens is 352 g/mol. The number of unbranched alkanes of at least 4 members (excludes halogenated alkanes) is 3. The average molecular weight is 380 g/mol. The average Bonchev–Trinajstić information content (AvgIpc) is 2.96. The first kappa shape index (κ1) is 20.1. The quantitative estimate of drug-likeness (QED) is 0.462. The lowest BCUT2D eigenvalue weighted by atomic mass is 10.1. The van der Waals surface area contributed by atoms with Gasteiger partial charge in [-0.1, -0.05) is 43.2 Å². The van der Waals surface area contributed by atoms with E-state index in [0.29, 0.717) is 17.7 Å². The van der Waals surface area contributed by atoms with Crippen molar-refractivity contribution in [2.75, 3.05) is 27.2 Å². The van der Waals surface area contributed by atoms with E-state index in [1.54, 1.807) is 31.4 Å². The van der Waals surface area contributed by atoms with Crippen molar-refractivity contribution in [2.24, 2.45) is 0 Å². The molecule has 1 aliphatic heterocycles. The molecule has 3 rings (SSSR count). The SMILES string of the molecule is COc1ccccc1CN(C)CCCCCCN1C(=O)c2ccccc2C1=O. The zero-order chi connectivity index (χ0) is 19.9. The van der Waals surface area contributed by atoms with Crippen LogP contribution >= 0.6 is 0 Å². The molecule has 5 nitrogen and oxygen atoms in total. The van der Waals surface area contributed by atoms with E-state index in [4.69, 9.17) is 4.74 Å². The molecule has 148 valence electrons. The molecule has 0 unspecified atom stereocenters. The largest absolute Gasteiger partial charge is 0.496 e. The number of benzene rings is 2. The first-order chi connectivity index (χ1) is 13.6. The van der Waals surface area contributed by atoms with Crippen LogP contribution in [0.25, 0.3) is 0 Å². The molecule has 0 N–H and O–H groups in total.